The first-order valence-electron chi connectivity index (χ1n) is 6.75. The summed E-state index contributed by atoms with van der Waals surface area (Å²) in [6.45, 7) is 4.10. The van der Waals surface area contributed by atoms with Crippen LogP contribution in [-0.4, -0.2) is 43.5 Å². The monoisotopic (exact) mass is 356 g/mol. The number of hydrogen-bond donors (Lipinski definition) is 1. The average Bonchev–Trinajstić information content (AvgIpc) is 2.37. The van der Waals surface area contributed by atoms with Crippen LogP contribution in [-0.2, 0) is 4.79 Å². The van der Waals surface area contributed by atoms with Crippen molar-refractivity contribution >= 4 is 27.7 Å². The molecule has 1 aromatic carbocycles. The minimum atomic E-state index is -0.246. The number of halogens is 1. The molecule has 0 fully saturated rings. The number of amides is 2. The minimum Gasteiger partial charge on any atom is -0.490 e. The molecule has 6 heteroatoms. The summed E-state index contributed by atoms with van der Waals surface area (Å²) < 4.78 is 6.49. The first-order valence-corrected chi connectivity index (χ1v) is 7.55. The van der Waals surface area contributed by atoms with Crippen molar-refractivity contribution in [3.63, 3.8) is 0 Å². The second-order valence-electron chi connectivity index (χ2n) is 5.10. The summed E-state index contributed by atoms with van der Waals surface area (Å²) in [6.07, 6.45) is 0.247. The molecule has 0 unspecified atom stereocenters. The van der Waals surface area contributed by atoms with Gasteiger partial charge in [-0.3, -0.25) is 9.59 Å². The van der Waals surface area contributed by atoms with Crippen LogP contribution in [0.1, 0.15) is 30.6 Å². The van der Waals surface area contributed by atoms with E-state index in [1.807, 2.05) is 13.8 Å². The van der Waals surface area contributed by atoms with Gasteiger partial charge in [-0.05, 0) is 32.0 Å². The van der Waals surface area contributed by atoms with Crippen LogP contribution in [0, 0.1) is 0 Å². The second kappa shape index (κ2) is 8.02. The fourth-order valence-corrected chi connectivity index (χ4v) is 1.98. The van der Waals surface area contributed by atoms with Crippen molar-refractivity contribution in [3.05, 3.63) is 28.2 Å². The van der Waals surface area contributed by atoms with Crippen molar-refractivity contribution in [2.75, 3.05) is 20.6 Å². The van der Waals surface area contributed by atoms with E-state index in [1.54, 1.807) is 32.3 Å². The Balaban J connectivity index is 2.71. The van der Waals surface area contributed by atoms with E-state index in [4.69, 9.17) is 4.74 Å². The molecule has 116 valence electrons. The molecule has 0 heterocycles. The number of carbonyl (C=O) groups excluding carboxylic acids is 2. The number of nitrogens with zero attached hydrogens (tertiary/aromatic N) is 1. The summed E-state index contributed by atoms with van der Waals surface area (Å²) in [5, 5.41) is 2.74. The normalized spacial score (nSPS) is 10.4. The van der Waals surface area contributed by atoms with Gasteiger partial charge >= 0.3 is 0 Å². The Bertz CT molecular complexity index is 516. The fraction of sp³-hybridized carbons (Fsp3) is 0.467. The molecule has 0 aliphatic heterocycles. The van der Waals surface area contributed by atoms with Gasteiger partial charge in [0.1, 0.15) is 5.75 Å². The highest BCUT2D eigenvalue weighted by Gasteiger charge is 2.14. The molecule has 5 nitrogen and oxygen atoms in total. The van der Waals surface area contributed by atoms with Gasteiger partial charge in [0.25, 0.3) is 5.91 Å². The summed E-state index contributed by atoms with van der Waals surface area (Å²) >= 11 is 3.36. The Morgan fingerprint density at radius 3 is 2.57 bits per heavy atom. The molecule has 0 radical (unpaired) electrons. The molecule has 1 rings (SSSR count). The highest BCUT2D eigenvalue weighted by molar-refractivity contribution is 9.10. The maximum absolute atomic E-state index is 12.2. The predicted octanol–water partition coefficient (Wildman–Crippen LogP) is 2.44. The first kappa shape index (κ1) is 17.5. The summed E-state index contributed by atoms with van der Waals surface area (Å²) in [4.78, 5) is 25.1. The number of hydrogen-bond acceptors (Lipinski definition) is 3. The molecule has 0 bridgehead atoms. The van der Waals surface area contributed by atoms with Gasteiger partial charge in [0.15, 0.2) is 0 Å². The maximum Gasteiger partial charge on any atom is 0.255 e. The Hall–Kier alpha value is -1.56. The Morgan fingerprint density at radius 2 is 2.00 bits per heavy atom. The molecule has 0 saturated carbocycles. The largest absolute Gasteiger partial charge is 0.490 e. The quantitative estimate of drug-likeness (QED) is 0.851. The molecular weight excluding hydrogens is 336 g/mol. The van der Waals surface area contributed by atoms with Gasteiger partial charge in [0.05, 0.1) is 11.7 Å². The molecule has 1 N–H and O–H groups in total. The van der Waals surface area contributed by atoms with Gasteiger partial charge in [0, 0.05) is 31.5 Å². The Kier molecular flexibility index (Phi) is 6.68. The first-order chi connectivity index (χ1) is 9.81. The van der Waals surface area contributed by atoms with Crippen molar-refractivity contribution in [1.29, 1.82) is 0 Å². The lowest BCUT2D eigenvalue weighted by Crippen LogP contribution is -2.30. The zero-order valence-electron chi connectivity index (χ0n) is 12.8. The molecule has 0 spiro atoms. The van der Waals surface area contributed by atoms with E-state index >= 15 is 0 Å². The number of ether oxygens (including phenoxy) is 1. The third-order valence-corrected chi connectivity index (χ3v) is 3.17. The molecule has 0 aliphatic rings. The van der Waals surface area contributed by atoms with Crippen LogP contribution in [0.5, 0.6) is 5.75 Å². The van der Waals surface area contributed by atoms with Crippen LogP contribution >= 0.6 is 15.9 Å². The van der Waals surface area contributed by atoms with Gasteiger partial charge in [0.2, 0.25) is 5.91 Å². The van der Waals surface area contributed by atoms with Crippen molar-refractivity contribution in [2.24, 2.45) is 0 Å². The topological polar surface area (TPSA) is 58.6 Å². The van der Waals surface area contributed by atoms with Gasteiger partial charge < -0.3 is 15.0 Å². The zero-order chi connectivity index (χ0) is 16.0. The van der Waals surface area contributed by atoms with Crippen molar-refractivity contribution in [2.45, 2.75) is 26.4 Å². The molecule has 21 heavy (non-hydrogen) atoms. The van der Waals surface area contributed by atoms with Crippen LogP contribution in [0.2, 0.25) is 0 Å². The molecular formula is C15H21BrN2O3. The van der Waals surface area contributed by atoms with Gasteiger partial charge in [-0.15, -0.1) is 0 Å². The van der Waals surface area contributed by atoms with Crippen LogP contribution in [0.3, 0.4) is 0 Å². The number of carbonyl (C=O) groups is 2. The van der Waals surface area contributed by atoms with Crippen LogP contribution < -0.4 is 10.1 Å². The SMILES string of the molecule is CC(C)Oc1cc(Br)ccc1C(=O)NCCC(=O)N(C)C. The molecule has 0 atom stereocenters. The minimum absolute atomic E-state index is 0.0234. The lowest BCUT2D eigenvalue weighted by molar-refractivity contribution is -0.128. The van der Waals surface area contributed by atoms with Gasteiger partial charge in [-0.25, -0.2) is 0 Å². The third kappa shape index (κ3) is 5.75. The summed E-state index contributed by atoms with van der Waals surface area (Å²) in [5.74, 6) is 0.255. The highest BCUT2D eigenvalue weighted by atomic mass is 79.9. The van der Waals surface area contributed by atoms with E-state index in [0.717, 1.165) is 4.47 Å². The van der Waals surface area contributed by atoms with Crippen LogP contribution in [0.25, 0.3) is 0 Å². The number of nitrogens with one attached hydrogen (secondary N) is 1. The van der Waals surface area contributed by atoms with Crippen molar-refractivity contribution in [3.8, 4) is 5.75 Å². The van der Waals surface area contributed by atoms with E-state index in [2.05, 4.69) is 21.2 Å². The second-order valence-corrected chi connectivity index (χ2v) is 6.02. The molecule has 0 aromatic heterocycles. The van der Waals surface area contributed by atoms with Gasteiger partial charge in [-0.2, -0.15) is 0 Å². The summed E-state index contributed by atoms with van der Waals surface area (Å²) in [5.41, 5.74) is 0.462. The van der Waals surface area contributed by atoms with E-state index in [9.17, 15) is 9.59 Å². The Morgan fingerprint density at radius 1 is 1.33 bits per heavy atom. The maximum atomic E-state index is 12.2. The summed E-state index contributed by atoms with van der Waals surface area (Å²) in [7, 11) is 3.38. The van der Waals surface area contributed by atoms with Crippen molar-refractivity contribution < 1.29 is 14.3 Å². The standard InChI is InChI=1S/C15H21BrN2O3/c1-10(2)21-13-9-11(16)5-6-12(13)15(20)17-8-7-14(19)18(3)4/h5-6,9-10H,7-8H2,1-4H3,(H,17,20). The lowest BCUT2D eigenvalue weighted by Gasteiger charge is -2.15. The number of benzene rings is 1. The third-order valence-electron chi connectivity index (χ3n) is 2.67. The predicted molar refractivity (Wildman–Crippen MR) is 85.6 cm³/mol. The van der Waals surface area contributed by atoms with Crippen molar-refractivity contribution in [1.82, 2.24) is 10.2 Å². The lowest BCUT2D eigenvalue weighted by atomic mass is 10.2. The zero-order valence-corrected chi connectivity index (χ0v) is 14.4. The van der Waals surface area contributed by atoms with Crippen LogP contribution in [0.4, 0.5) is 0 Å². The van der Waals surface area contributed by atoms with E-state index < -0.39 is 0 Å². The molecule has 1 aromatic rings. The smallest absolute Gasteiger partial charge is 0.255 e. The van der Waals surface area contributed by atoms with E-state index in [0.29, 0.717) is 17.9 Å². The fourth-order valence-electron chi connectivity index (χ4n) is 1.64. The average molecular weight is 357 g/mol. The molecule has 0 aliphatic carbocycles. The summed E-state index contributed by atoms with van der Waals surface area (Å²) in [6, 6.07) is 5.25. The van der Waals surface area contributed by atoms with E-state index in [-0.39, 0.29) is 24.3 Å². The molecule has 2 amide bonds. The highest BCUT2D eigenvalue weighted by Crippen LogP contribution is 2.24. The number of rotatable bonds is 6. The van der Waals surface area contributed by atoms with Crippen LogP contribution in [0.15, 0.2) is 22.7 Å². The molecule has 0 saturated heterocycles. The van der Waals surface area contributed by atoms with Gasteiger partial charge in [-0.1, -0.05) is 15.9 Å². The Labute approximate surface area is 133 Å². The van der Waals surface area contributed by atoms with E-state index in [1.165, 1.54) is 4.90 Å².